The van der Waals surface area contributed by atoms with Crippen LogP contribution in [0.4, 0.5) is 8.78 Å². The number of rotatable bonds is 6. The Balaban J connectivity index is 2.28. The van der Waals surface area contributed by atoms with E-state index in [2.05, 4.69) is 0 Å². The van der Waals surface area contributed by atoms with Gasteiger partial charge in [0.2, 0.25) is 0 Å². The van der Waals surface area contributed by atoms with Crippen molar-refractivity contribution in [2.45, 2.75) is 12.3 Å². The van der Waals surface area contributed by atoms with Crippen molar-refractivity contribution in [2.75, 3.05) is 20.8 Å². The molecule has 0 aliphatic carbocycles. The number of benzene rings is 2. The molecule has 0 bridgehead atoms. The maximum Gasteiger partial charge on any atom is 0.159 e. The Morgan fingerprint density at radius 2 is 1.77 bits per heavy atom. The summed E-state index contributed by atoms with van der Waals surface area (Å²) in [7, 11) is 3.16. The van der Waals surface area contributed by atoms with Gasteiger partial charge in [0.1, 0.15) is 11.5 Å². The van der Waals surface area contributed by atoms with Crippen LogP contribution in [0.1, 0.15) is 17.0 Å². The molecular weight excluding hydrogens is 288 g/mol. The zero-order valence-corrected chi connectivity index (χ0v) is 12.6. The van der Waals surface area contributed by atoms with Crippen LogP contribution in [0.5, 0.6) is 11.5 Å². The Hall–Kier alpha value is -2.14. The van der Waals surface area contributed by atoms with Crippen molar-refractivity contribution in [3.05, 3.63) is 59.2 Å². The average Bonchev–Trinajstić information content (AvgIpc) is 2.55. The van der Waals surface area contributed by atoms with Crippen LogP contribution in [0, 0.1) is 11.6 Å². The van der Waals surface area contributed by atoms with Crippen molar-refractivity contribution in [1.29, 1.82) is 0 Å². The molecule has 0 heterocycles. The van der Waals surface area contributed by atoms with E-state index in [1.54, 1.807) is 26.4 Å². The van der Waals surface area contributed by atoms with Gasteiger partial charge in [-0.15, -0.1) is 0 Å². The van der Waals surface area contributed by atoms with E-state index < -0.39 is 11.6 Å². The molecule has 0 saturated heterocycles. The van der Waals surface area contributed by atoms with Gasteiger partial charge in [0.05, 0.1) is 14.2 Å². The standard InChI is InChI=1S/C17H19F2NO2/c1-21-14-5-3-12(17(9-14)22-2)7-13(10-20)11-4-6-15(18)16(19)8-11/h3-6,8-9,13H,7,10,20H2,1-2H3. The number of hydrogen-bond donors (Lipinski definition) is 1. The SMILES string of the molecule is COc1ccc(CC(CN)c2ccc(F)c(F)c2)c(OC)c1. The van der Waals surface area contributed by atoms with Gasteiger partial charge in [-0.05, 0) is 42.3 Å². The summed E-state index contributed by atoms with van der Waals surface area (Å²) >= 11 is 0. The Morgan fingerprint density at radius 1 is 1.00 bits per heavy atom. The molecule has 0 amide bonds. The van der Waals surface area contributed by atoms with Crippen LogP contribution in [0.15, 0.2) is 36.4 Å². The fourth-order valence-electron chi connectivity index (χ4n) is 2.39. The molecule has 5 heteroatoms. The first-order valence-corrected chi connectivity index (χ1v) is 6.95. The summed E-state index contributed by atoms with van der Waals surface area (Å²) in [4.78, 5) is 0. The molecule has 22 heavy (non-hydrogen) atoms. The normalized spacial score (nSPS) is 12.0. The summed E-state index contributed by atoms with van der Waals surface area (Å²) in [6.07, 6.45) is 0.564. The van der Waals surface area contributed by atoms with E-state index >= 15 is 0 Å². The van der Waals surface area contributed by atoms with E-state index in [4.69, 9.17) is 15.2 Å². The fraction of sp³-hybridized carbons (Fsp3) is 0.294. The topological polar surface area (TPSA) is 44.5 Å². The van der Waals surface area contributed by atoms with Gasteiger partial charge in [0.15, 0.2) is 11.6 Å². The maximum atomic E-state index is 13.4. The quantitative estimate of drug-likeness (QED) is 0.891. The van der Waals surface area contributed by atoms with Crippen molar-refractivity contribution in [1.82, 2.24) is 0 Å². The van der Waals surface area contributed by atoms with Gasteiger partial charge < -0.3 is 15.2 Å². The molecule has 0 aromatic heterocycles. The largest absolute Gasteiger partial charge is 0.497 e. The van der Waals surface area contributed by atoms with E-state index in [-0.39, 0.29) is 5.92 Å². The first-order chi connectivity index (χ1) is 10.6. The van der Waals surface area contributed by atoms with Crippen molar-refractivity contribution in [3.8, 4) is 11.5 Å². The van der Waals surface area contributed by atoms with Crippen molar-refractivity contribution in [2.24, 2.45) is 5.73 Å². The molecule has 0 spiro atoms. The third kappa shape index (κ3) is 3.54. The second-order valence-electron chi connectivity index (χ2n) is 4.99. The van der Waals surface area contributed by atoms with Crippen LogP contribution < -0.4 is 15.2 Å². The summed E-state index contributed by atoms with van der Waals surface area (Å²) in [6, 6.07) is 9.39. The van der Waals surface area contributed by atoms with E-state index in [9.17, 15) is 8.78 Å². The highest BCUT2D eigenvalue weighted by atomic mass is 19.2. The van der Waals surface area contributed by atoms with Gasteiger partial charge >= 0.3 is 0 Å². The summed E-state index contributed by atoms with van der Waals surface area (Å²) in [5.74, 6) is -0.477. The van der Waals surface area contributed by atoms with Gasteiger partial charge in [-0.3, -0.25) is 0 Å². The molecule has 0 aliphatic rings. The lowest BCUT2D eigenvalue weighted by Gasteiger charge is -2.18. The van der Waals surface area contributed by atoms with E-state index in [0.717, 1.165) is 11.6 Å². The van der Waals surface area contributed by atoms with E-state index in [1.807, 2.05) is 12.1 Å². The van der Waals surface area contributed by atoms with Crippen molar-refractivity contribution >= 4 is 0 Å². The summed E-state index contributed by atoms with van der Waals surface area (Å²) < 4.78 is 37.0. The van der Waals surface area contributed by atoms with Crippen LogP contribution in [0.3, 0.4) is 0 Å². The minimum absolute atomic E-state index is 0.127. The van der Waals surface area contributed by atoms with Gasteiger partial charge in [0.25, 0.3) is 0 Å². The Labute approximate surface area is 128 Å². The van der Waals surface area contributed by atoms with Crippen LogP contribution >= 0.6 is 0 Å². The molecule has 0 aliphatic heterocycles. The van der Waals surface area contributed by atoms with Gasteiger partial charge in [-0.1, -0.05) is 12.1 Å². The lowest BCUT2D eigenvalue weighted by Crippen LogP contribution is -2.16. The second kappa shape index (κ2) is 7.22. The number of nitrogens with two attached hydrogens (primary N) is 1. The summed E-state index contributed by atoms with van der Waals surface area (Å²) in [5, 5.41) is 0. The molecule has 118 valence electrons. The minimum atomic E-state index is -0.863. The molecule has 2 rings (SSSR count). The fourth-order valence-corrected chi connectivity index (χ4v) is 2.39. The molecular formula is C17H19F2NO2. The Kier molecular flexibility index (Phi) is 5.33. The molecule has 2 aromatic rings. The van der Waals surface area contributed by atoms with Crippen LogP contribution in [0.2, 0.25) is 0 Å². The highest BCUT2D eigenvalue weighted by Gasteiger charge is 2.16. The molecule has 2 aromatic carbocycles. The predicted molar refractivity (Wildman–Crippen MR) is 81.4 cm³/mol. The summed E-state index contributed by atoms with van der Waals surface area (Å²) in [6.45, 7) is 0.320. The van der Waals surface area contributed by atoms with Gasteiger partial charge in [-0.2, -0.15) is 0 Å². The average molecular weight is 307 g/mol. The maximum absolute atomic E-state index is 13.4. The molecule has 3 nitrogen and oxygen atoms in total. The first-order valence-electron chi connectivity index (χ1n) is 6.95. The molecule has 2 N–H and O–H groups in total. The number of halogens is 2. The van der Waals surface area contributed by atoms with Crippen LogP contribution in [-0.4, -0.2) is 20.8 Å². The first kappa shape index (κ1) is 16.2. The highest BCUT2D eigenvalue weighted by molar-refractivity contribution is 5.42. The predicted octanol–water partition coefficient (Wildman–Crippen LogP) is 3.27. The second-order valence-corrected chi connectivity index (χ2v) is 4.99. The lowest BCUT2D eigenvalue weighted by molar-refractivity contribution is 0.390. The molecule has 0 saturated carbocycles. The Bertz CT molecular complexity index is 647. The van der Waals surface area contributed by atoms with Gasteiger partial charge in [-0.25, -0.2) is 8.78 Å². The van der Waals surface area contributed by atoms with Gasteiger partial charge in [0, 0.05) is 12.0 Å². The smallest absolute Gasteiger partial charge is 0.159 e. The third-order valence-electron chi connectivity index (χ3n) is 3.66. The zero-order valence-electron chi connectivity index (χ0n) is 12.6. The zero-order chi connectivity index (χ0) is 16.1. The van der Waals surface area contributed by atoms with Crippen molar-refractivity contribution in [3.63, 3.8) is 0 Å². The number of ether oxygens (including phenoxy) is 2. The lowest BCUT2D eigenvalue weighted by atomic mass is 9.91. The highest BCUT2D eigenvalue weighted by Crippen LogP contribution is 2.30. The molecule has 0 fully saturated rings. The van der Waals surface area contributed by atoms with Crippen LogP contribution in [0.25, 0.3) is 0 Å². The Morgan fingerprint density at radius 3 is 2.36 bits per heavy atom. The summed E-state index contributed by atoms with van der Waals surface area (Å²) in [5.41, 5.74) is 7.41. The van der Waals surface area contributed by atoms with E-state index in [1.165, 1.54) is 6.07 Å². The molecule has 0 radical (unpaired) electrons. The van der Waals surface area contributed by atoms with Crippen LogP contribution in [-0.2, 0) is 6.42 Å². The molecule has 1 unspecified atom stereocenters. The minimum Gasteiger partial charge on any atom is -0.497 e. The molecule has 1 atom stereocenters. The monoisotopic (exact) mass is 307 g/mol. The number of hydrogen-bond acceptors (Lipinski definition) is 3. The number of methoxy groups -OCH3 is 2. The van der Waals surface area contributed by atoms with Crippen molar-refractivity contribution < 1.29 is 18.3 Å². The third-order valence-corrected chi connectivity index (χ3v) is 3.66. The van der Waals surface area contributed by atoms with E-state index in [0.29, 0.717) is 30.0 Å².